The van der Waals surface area contributed by atoms with Crippen LogP contribution < -0.4 is 10.1 Å². The second-order valence-electron chi connectivity index (χ2n) is 4.89. The Bertz CT molecular complexity index is 750. The highest BCUT2D eigenvalue weighted by Gasteiger charge is 2.24. The highest BCUT2D eigenvalue weighted by Crippen LogP contribution is 2.24. The number of hydrogen-bond acceptors (Lipinski definition) is 5. The summed E-state index contributed by atoms with van der Waals surface area (Å²) in [5.41, 5.74) is 0.924. The molecule has 0 bridgehead atoms. The van der Waals surface area contributed by atoms with Crippen LogP contribution in [-0.2, 0) is 14.3 Å². The van der Waals surface area contributed by atoms with Gasteiger partial charge in [-0.05, 0) is 32.0 Å². The van der Waals surface area contributed by atoms with Crippen LogP contribution in [0.3, 0.4) is 0 Å². The van der Waals surface area contributed by atoms with Gasteiger partial charge < -0.3 is 19.8 Å². The number of H-pyrrole nitrogens is 1. The van der Waals surface area contributed by atoms with Crippen LogP contribution in [0, 0.1) is 0 Å². The molecule has 0 aliphatic rings. The maximum atomic E-state index is 12.3. The fraction of sp³-hybridized carbons (Fsp3) is 0.312. The molecule has 122 valence electrons. The number of fused-ring (bicyclic) bond motifs is 1. The van der Waals surface area contributed by atoms with Gasteiger partial charge in [-0.2, -0.15) is 0 Å². The number of benzene rings is 1. The summed E-state index contributed by atoms with van der Waals surface area (Å²) in [6.07, 6.45) is 1.46. The minimum Gasteiger partial charge on any atom is -0.497 e. The first-order chi connectivity index (χ1) is 11.0. The lowest BCUT2D eigenvalue weighted by atomic mass is 10.1. The van der Waals surface area contributed by atoms with Gasteiger partial charge in [0.15, 0.2) is 0 Å². The van der Waals surface area contributed by atoms with Crippen LogP contribution in [0.4, 0.5) is 0 Å². The molecule has 1 aromatic heterocycles. The SMILES string of the molecule is CCOC(=O)[C@H](C)NC(=O)C(=O)c1c[nH]c2ccc(OC)cc12. The van der Waals surface area contributed by atoms with E-state index < -0.39 is 23.7 Å². The molecule has 7 nitrogen and oxygen atoms in total. The van der Waals surface area contributed by atoms with E-state index in [2.05, 4.69) is 10.3 Å². The molecule has 0 aliphatic carbocycles. The zero-order valence-corrected chi connectivity index (χ0v) is 13.1. The van der Waals surface area contributed by atoms with Crippen molar-refractivity contribution in [3.63, 3.8) is 0 Å². The Labute approximate surface area is 133 Å². The van der Waals surface area contributed by atoms with Gasteiger partial charge in [0.2, 0.25) is 0 Å². The minimum atomic E-state index is -0.897. The molecule has 1 heterocycles. The van der Waals surface area contributed by atoms with E-state index in [4.69, 9.17) is 9.47 Å². The molecular weight excluding hydrogens is 300 g/mol. The molecule has 2 aromatic rings. The van der Waals surface area contributed by atoms with E-state index in [0.29, 0.717) is 16.7 Å². The van der Waals surface area contributed by atoms with E-state index in [1.54, 1.807) is 25.1 Å². The summed E-state index contributed by atoms with van der Waals surface area (Å²) in [5.74, 6) is -1.62. The topological polar surface area (TPSA) is 97.5 Å². The maximum absolute atomic E-state index is 12.3. The normalized spacial score (nSPS) is 11.8. The molecule has 0 spiro atoms. The van der Waals surface area contributed by atoms with Crippen LogP contribution in [0.25, 0.3) is 10.9 Å². The van der Waals surface area contributed by atoms with E-state index in [9.17, 15) is 14.4 Å². The summed E-state index contributed by atoms with van der Waals surface area (Å²) in [5, 5.41) is 2.91. The molecule has 2 N–H and O–H groups in total. The quantitative estimate of drug-likeness (QED) is 0.477. The molecule has 0 aliphatic heterocycles. The first kappa shape index (κ1) is 16.5. The molecule has 2 rings (SSSR count). The van der Waals surface area contributed by atoms with Crippen molar-refractivity contribution in [2.24, 2.45) is 0 Å². The van der Waals surface area contributed by atoms with Crippen LogP contribution >= 0.6 is 0 Å². The summed E-state index contributed by atoms with van der Waals surface area (Å²) in [7, 11) is 1.52. The van der Waals surface area contributed by atoms with Gasteiger partial charge in [-0.15, -0.1) is 0 Å². The largest absolute Gasteiger partial charge is 0.497 e. The van der Waals surface area contributed by atoms with E-state index in [1.165, 1.54) is 20.2 Å². The lowest BCUT2D eigenvalue weighted by Crippen LogP contribution is -2.42. The van der Waals surface area contributed by atoms with Crippen molar-refractivity contribution in [3.05, 3.63) is 30.0 Å². The van der Waals surface area contributed by atoms with E-state index in [1.807, 2.05) is 0 Å². The van der Waals surface area contributed by atoms with Gasteiger partial charge in [0.1, 0.15) is 11.8 Å². The fourth-order valence-electron chi connectivity index (χ4n) is 2.13. The molecule has 7 heteroatoms. The molecule has 0 fully saturated rings. The molecule has 0 saturated carbocycles. The summed E-state index contributed by atoms with van der Waals surface area (Å²) in [6, 6.07) is 4.27. The molecule has 0 radical (unpaired) electrons. The average molecular weight is 318 g/mol. The highest BCUT2D eigenvalue weighted by atomic mass is 16.5. The van der Waals surface area contributed by atoms with Gasteiger partial charge >= 0.3 is 5.97 Å². The van der Waals surface area contributed by atoms with Gasteiger partial charge in [0.25, 0.3) is 11.7 Å². The molecule has 1 aromatic carbocycles. The first-order valence-corrected chi connectivity index (χ1v) is 7.14. The van der Waals surface area contributed by atoms with E-state index in [0.717, 1.165) is 0 Å². The number of aromatic amines is 1. The van der Waals surface area contributed by atoms with E-state index >= 15 is 0 Å². The van der Waals surface area contributed by atoms with Gasteiger partial charge in [-0.3, -0.25) is 9.59 Å². The van der Waals surface area contributed by atoms with Crippen molar-refractivity contribution in [2.45, 2.75) is 19.9 Å². The number of ketones is 1. The van der Waals surface area contributed by atoms with E-state index in [-0.39, 0.29) is 12.2 Å². The Morgan fingerprint density at radius 1 is 1.30 bits per heavy atom. The second kappa shape index (κ2) is 6.95. The number of nitrogens with one attached hydrogen (secondary N) is 2. The third-order valence-corrected chi connectivity index (χ3v) is 3.33. The lowest BCUT2D eigenvalue weighted by molar-refractivity contribution is -0.146. The predicted octanol–water partition coefficient (Wildman–Crippen LogP) is 1.43. The lowest BCUT2D eigenvalue weighted by Gasteiger charge is -2.11. The highest BCUT2D eigenvalue weighted by molar-refractivity contribution is 6.45. The van der Waals surface area contributed by atoms with Crippen LogP contribution in [0.5, 0.6) is 5.75 Å². The predicted molar refractivity (Wildman–Crippen MR) is 83.4 cm³/mol. The Hall–Kier alpha value is -2.83. The van der Waals surface area contributed by atoms with Crippen LogP contribution in [0.2, 0.25) is 0 Å². The summed E-state index contributed by atoms with van der Waals surface area (Å²) >= 11 is 0. The first-order valence-electron chi connectivity index (χ1n) is 7.14. The molecule has 23 heavy (non-hydrogen) atoms. The molecule has 1 atom stereocenters. The standard InChI is InChI=1S/C16H18N2O5/c1-4-23-16(21)9(2)18-15(20)14(19)12-8-17-13-6-5-10(22-3)7-11(12)13/h5-9,17H,4H2,1-3H3,(H,18,20)/t9-/m0/s1. The molecule has 1 amide bonds. The number of aromatic nitrogens is 1. The monoisotopic (exact) mass is 318 g/mol. The number of carbonyl (C=O) groups is 3. The number of rotatable bonds is 6. The zero-order valence-electron chi connectivity index (χ0n) is 13.1. The number of esters is 1. The fourth-order valence-corrected chi connectivity index (χ4v) is 2.13. The molecule has 0 unspecified atom stereocenters. The summed E-state index contributed by atoms with van der Waals surface area (Å²) in [6.45, 7) is 3.33. The number of carbonyl (C=O) groups excluding carboxylic acids is 3. The third-order valence-electron chi connectivity index (χ3n) is 3.33. The van der Waals surface area contributed by atoms with Gasteiger partial charge in [-0.25, -0.2) is 4.79 Å². The smallest absolute Gasteiger partial charge is 0.328 e. The summed E-state index contributed by atoms with van der Waals surface area (Å²) < 4.78 is 9.91. The number of Topliss-reactive ketones (excluding diaryl/α,β-unsaturated/α-hetero) is 1. The van der Waals surface area contributed by atoms with Crippen LogP contribution in [0.1, 0.15) is 24.2 Å². The van der Waals surface area contributed by atoms with Crippen molar-refractivity contribution >= 4 is 28.6 Å². The Balaban J connectivity index is 2.19. The number of methoxy groups -OCH3 is 1. The molecule has 0 saturated heterocycles. The van der Waals surface area contributed by atoms with Gasteiger partial charge in [-0.1, -0.05) is 0 Å². The Morgan fingerprint density at radius 2 is 2.04 bits per heavy atom. The van der Waals surface area contributed by atoms with Crippen molar-refractivity contribution < 1.29 is 23.9 Å². The maximum Gasteiger partial charge on any atom is 0.328 e. The average Bonchev–Trinajstić information content (AvgIpc) is 2.96. The minimum absolute atomic E-state index is 0.204. The molecular formula is C16H18N2O5. The Morgan fingerprint density at radius 3 is 2.70 bits per heavy atom. The van der Waals surface area contributed by atoms with Crippen molar-refractivity contribution in [1.82, 2.24) is 10.3 Å². The summed E-state index contributed by atoms with van der Waals surface area (Å²) in [4.78, 5) is 38.8. The zero-order chi connectivity index (χ0) is 17.0. The van der Waals surface area contributed by atoms with Gasteiger partial charge in [0, 0.05) is 17.1 Å². The third kappa shape index (κ3) is 3.50. The number of hydrogen-bond donors (Lipinski definition) is 2. The number of amides is 1. The van der Waals surface area contributed by atoms with Crippen LogP contribution in [0.15, 0.2) is 24.4 Å². The van der Waals surface area contributed by atoms with Crippen molar-refractivity contribution in [3.8, 4) is 5.75 Å². The second-order valence-corrected chi connectivity index (χ2v) is 4.89. The van der Waals surface area contributed by atoms with Crippen molar-refractivity contribution in [1.29, 1.82) is 0 Å². The van der Waals surface area contributed by atoms with Crippen LogP contribution in [-0.4, -0.2) is 42.4 Å². The van der Waals surface area contributed by atoms with Crippen molar-refractivity contribution in [2.75, 3.05) is 13.7 Å². The number of ether oxygens (including phenoxy) is 2. The van der Waals surface area contributed by atoms with Gasteiger partial charge in [0.05, 0.1) is 19.3 Å². The Kier molecular flexibility index (Phi) is 5.00.